The van der Waals surface area contributed by atoms with E-state index < -0.39 is 0 Å². The number of carbonyl (C=O) groups excluding carboxylic acids is 1. The maximum Gasteiger partial charge on any atom is 0.341 e. The van der Waals surface area contributed by atoms with Crippen molar-refractivity contribution in [3.8, 4) is 0 Å². The Morgan fingerprint density at radius 3 is 2.79 bits per heavy atom. The van der Waals surface area contributed by atoms with Gasteiger partial charge in [0, 0.05) is 6.54 Å². The van der Waals surface area contributed by atoms with Crippen molar-refractivity contribution in [2.75, 3.05) is 13.1 Å². The van der Waals surface area contributed by atoms with Crippen LogP contribution in [0.2, 0.25) is 0 Å². The predicted octanol–water partition coefficient (Wildman–Crippen LogP) is 1.14. The maximum absolute atomic E-state index is 11.1. The summed E-state index contributed by atoms with van der Waals surface area (Å²) in [6.45, 7) is 1.72. The van der Waals surface area contributed by atoms with E-state index in [4.69, 9.17) is 4.84 Å². The van der Waals surface area contributed by atoms with Gasteiger partial charge in [-0.1, -0.05) is 30.3 Å². The van der Waals surface area contributed by atoms with Crippen molar-refractivity contribution >= 4 is 6.03 Å². The van der Waals surface area contributed by atoms with Crippen LogP contribution in [0, 0.1) is 0 Å². The zero-order valence-corrected chi connectivity index (χ0v) is 7.77. The van der Waals surface area contributed by atoms with Crippen molar-refractivity contribution in [1.29, 1.82) is 0 Å². The number of nitrogens with one attached hydrogen (secondary N) is 1. The largest absolute Gasteiger partial charge is 0.341 e. The molecular weight excluding hydrogens is 180 g/mol. The van der Waals surface area contributed by atoms with E-state index in [2.05, 4.69) is 5.32 Å². The van der Waals surface area contributed by atoms with Crippen LogP contribution in [0.25, 0.3) is 0 Å². The van der Waals surface area contributed by atoms with E-state index in [-0.39, 0.29) is 6.03 Å². The molecule has 2 amide bonds. The first-order chi connectivity index (χ1) is 6.86. The predicted molar refractivity (Wildman–Crippen MR) is 51.3 cm³/mol. The van der Waals surface area contributed by atoms with Crippen molar-refractivity contribution in [3.05, 3.63) is 35.9 Å². The molecule has 0 atom stereocenters. The third-order valence-corrected chi connectivity index (χ3v) is 2.05. The van der Waals surface area contributed by atoms with Crippen molar-refractivity contribution < 1.29 is 9.63 Å². The molecule has 0 unspecified atom stereocenters. The monoisotopic (exact) mass is 192 g/mol. The quantitative estimate of drug-likeness (QED) is 0.780. The van der Waals surface area contributed by atoms with Crippen LogP contribution >= 0.6 is 0 Å². The fraction of sp³-hybridized carbons (Fsp3) is 0.300. The third-order valence-electron chi connectivity index (χ3n) is 2.05. The number of rotatable bonds is 3. The van der Waals surface area contributed by atoms with Crippen LogP contribution in [0.3, 0.4) is 0 Å². The van der Waals surface area contributed by atoms with Gasteiger partial charge in [-0.15, -0.1) is 0 Å². The fourth-order valence-corrected chi connectivity index (χ4v) is 1.30. The first kappa shape index (κ1) is 9.02. The Labute approximate surface area is 82.4 Å². The van der Waals surface area contributed by atoms with Gasteiger partial charge in [-0.2, -0.15) is 0 Å². The van der Waals surface area contributed by atoms with Crippen LogP contribution in [0.15, 0.2) is 30.3 Å². The molecule has 1 aliphatic rings. The lowest BCUT2D eigenvalue weighted by molar-refractivity contribution is -0.115. The summed E-state index contributed by atoms with van der Waals surface area (Å²) in [4.78, 5) is 16.4. The molecule has 1 aromatic rings. The van der Waals surface area contributed by atoms with Gasteiger partial charge in [0.15, 0.2) is 0 Å². The molecule has 0 bridgehead atoms. The lowest BCUT2D eigenvalue weighted by atomic mass is 10.2. The molecule has 0 spiro atoms. The smallest absolute Gasteiger partial charge is 0.334 e. The van der Waals surface area contributed by atoms with Crippen LogP contribution in [0.4, 0.5) is 4.79 Å². The SMILES string of the molecule is O=C1NCCN1OCc1ccccc1. The minimum absolute atomic E-state index is 0.152. The molecule has 1 fully saturated rings. The summed E-state index contributed by atoms with van der Waals surface area (Å²) in [6.07, 6.45) is 0. The zero-order valence-electron chi connectivity index (χ0n) is 7.77. The summed E-state index contributed by atoms with van der Waals surface area (Å²) >= 11 is 0. The number of amides is 2. The van der Waals surface area contributed by atoms with E-state index in [0.717, 1.165) is 5.56 Å². The molecular formula is C10H12N2O2. The summed E-state index contributed by atoms with van der Waals surface area (Å²) in [6, 6.07) is 9.63. The van der Waals surface area contributed by atoms with E-state index in [9.17, 15) is 4.79 Å². The molecule has 1 heterocycles. The van der Waals surface area contributed by atoms with Crippen LogP contribution in [0.5, 0.6) is 0 Å². The van der Waals surface area contributed by atoms with Crippen molar-refractivity contribution in [2.45, 2.75) is 6.61 Å². The van der Waals surface area contributed by atoms with Gasteiger partial charge in [0.2, 0.25) is 0 Å². The van der Waals surface area contributed by atoms with Crippen LogP contribution < -0.4 is 5.32 Å². The molecule has 1 saturated heterocycles. The average molecular weight is 192 g/mol. The average Bonchev–Trinajstić information content (AvgIpc) is 2.63. The van der Waals surface area contributed by atoms with Gasteiger partial charge in [0.05, 0.1) is 6.54 Å². The number of benzene rings is 1. The molecule has 1 aliphatic heterocycles. The highest BCUT2D eigenvalue weighted by Gasteiger charge is 2.19. The summed E-state index contributed by atoms with van der Waals surface area (Å²) in [5.74, 6) is 0. The molecule has 4 nitrogen and oxygen atoms in total. The zero-order chi connectivity index (χ0) is 9.80. The number of urea groups is 1. The fourth-order valence-electron chi connectivity index (χ4n) is 1.30. The van der Waals surface area contributed by atoms with Gasteiger partial charge in [0.25, 0.3) is 0 Å². The van der Waals surface area contributed by atoms with Gasteiger partial charge < -0.3 is 5.32 Å². The van der Waals surface area contributed by atoms with Gasteiger partial charge in [0.1, 0.15) is 6.61 Å². The molecule has 1 aromatic carbocycles. The second-order valence-corrected chi connectivity index (χ2v) is 3.09. The molecule has 4 heteroatoms. The number of carbonyl (C=O) groups is 1. The summed E-state index contributed by atoms with van der Waals surface area (Å²) in [7, 11) is 0. The Balaban J connectivity index is 1.85. The van der Waals surface area contributed by atoms with Crippen molar-refractivity contribution in [2.24, 2.45) is 0 Å². The summed E-state index contributed by atoms with van der Waals surface area (Å²) in [5, 5.41) is 4.02. The molecule has 0 saturated carbocycles. The van der Waals surface area contributed by atoms with Gasteiger partial charge in [-0.05, 0) is 5.56 Å². The van der Waals surface area contributed by atoms with E-state index in [1.54, 1.807) is 0 Å². The van der Waals surface area contributed by atoms with Crippen LogP contribution in [-0.2, 0) is 11.4 Å². The summed E-state index contributed by atoms with van der Waals surface area (Å²) < 4.78 is 0. The summed E-state index contributed by atoms with van der Waals surface area (Å²) in [5.41, 5.74) is 1.06. The Morgan fingerprint density at radius 2 is 2.14 bits per heavy atom. The highest BCUT2D eigenvalue weighted by atomic mass is 16.7. The number of nitrogens with zero attached hydrogens (tertiary/aromatic N) is 1. The van der Waals surface area contributed by atoms with Crippen LogP contribution in [-0.4, -0.2) is 24.2 Å². The Bertz CT molecular complexity index is 313. The number of hydrogen-bond acceptors (Lipinski definition) is 2. The first-order valence-corrected chi connectivity index (χ1v) is 4.58. The van der Waals surface area contributed by atoms with E-state index in [1.165, 1.54) is 5.06 Å². The number of hydrogen-bond donors (Lipinski definition) is 1. The number of hydroxylamine groups is 2. The standard InChI is InChI=1S/C10H12N2O2/c13-10-11-6-7-12(10)14-8-9-4-2-1-3-5-9/h1-5H,6-8H2,(H,11,13). The van der Waals surface area contributed by atoms with Crippen LogP contribution in [0.1, 0.15) is 5.56 Å². The highest BCUT2D eigenvalue weighted by molar-refractivity contribution is 5.74. The van der Waals surface area contributed by atoms with E-state index in [0.29, 0.717) is 19.7 Å². The Morgan fingerprint density at radius 1 is 1.36 bits per heavy atom. The lowest BCUT2D eigenvalue weighted by Gasteiger charge is -2.13. The topological polar surface area (TPSA) is 41.6 Å². The molecule has 2 rings (SSSR count). The second kappa shape index (κ2) is 4.11. The molecule has 14 heavy (non-hydrogen) atoms. The first-order valence-electron chi connectivity index (χ1n) is 4.58. The molecule has 0 aromatic heterocycles. The highest BCUT2D eigenvalue weighted by Crippen LogP contribution is 2.04. The molecule has 1 N–H and O–H groups in total. The Hall–Kier alpha value is -1.55. The molecule has 74 valence electrons. The van der Waals surface area contributed by atoms with E-state index >= 15 is 0 Å². The van der Waals surface area contributed by atoms with E-state index in [1.807, 2.05) is 30.3 Å². The van der Waals surface area contributed by atoms with Gasteiger partial charge >= 0.3 is 6.03 Å². The normalized spacial score (nSPS) is 15.7. The molecule has 0 aliphatic carbocycles. The van der Waals surface area contributed by atoms with Gasteiger partial charge in [-0.3, -0.25) is 4.84 Å². The minimum Gasteiger partial charge on any atom is -0.334 e. The van der Waals surface area contributed by atoms with Crippen molar-refractivity contribution in [3.63, 3.8) is 0 Å². The maximum atomic E-state index is 11.1. The third kappa shape index (κ3) is 2.03. The minimum atomic E-state index is -0.152. The van der Waals surface area contributed by atoms with Crippen molar-refractivity contribution in [1.82, 2.24) is 10.4 Å². The second-order valence-electron chi connectivity index (χ2n) is 3.09. The lowest BCUT2D eigenvalue weighted by Crippen LogP contribution is -2.28. The van der Waals surface area contributed by atoms with Gasteiger partial charge in [-0.25, -0.2) is 9.86 Å². The Kier molecular flexibility index (Phi) is 2.65. The molecule has 0 radical (unpaired) electrons.